The molecule has 0 N–H and O–H groups in total. The van der Waals surface area contributed by atoms with E-state index in [2.05, 4.69) is 60.3 Å². The molecule has 0 unspecified atom stereocenters. The number of likely N-dealkylation sites (N-methyl/N-ethyl adjacent to an activating group) is 1. The molecule has 1 fully saturated rings. The van der Waals surface area contributed by atoms with Crippen LogP contribution in [0.5, 0.6) is 11.5 Å². The number of halogens is 3. The fourth-order valence-electron chi connectivity index (χ4n) is 3.30. The zero-order chi connectivity index (χ0) is 25.8. The maximum atomic E-state index is 12.2. The van der Waals surface area contributed by atoms with Crippen molar-refractivity contribution in [2.45, 2.75) is 32.8 Å². The van der Waals surface area contributed by atoms with E-state index in [4.69, 9.17) is 9.47 Å². The van der Waals surface area contributed by atoms with Gasteiger partial charge in [-0.1, -0.05) is 35.9 Å². The summed E-state index contributed by atoms with van der Waals surface area (Å²) in [6.45, 7) is 5.71. The molecule has 5 nitrogen and oxygen atoms in total. The van der Waals surface area contributed by atoms with Crippen molar-refractivity contribution in [2.24, 2.45) is 0 Å². The maximum absolute atomic E-state index is 12.2. The number of hydrogen-bond acceptors (Lipinski definition) is 5. The summed E-state index contributed by atoms with van der Waals surface area (Å²) < 4.78 is 44.2. The van der Waals surface area contributed by atoms with Gasteiger partial charge in [-0.15, -0.1) is 0 Å². The fraction of sp³-hybridized carbons (Fsp3) is 0.333. The van der Waals surface area contributed by atoms with Gasteiger partial charge in [0.05, 0.1) is 7.11 Å². The van der Waals surface area contributed by atoms with Crippen molar-refractivity contribution in [2.75, 3.05) is 27.2 Å². The van der Waals surface area contributed by atoms with Gasteiger partial charge in [0.1, 0.15) is 18.1 Å². The van der Waals surface area contributed by atoms with Crippen LogP contribution >= 0.6 is 0 Å². The SMILES string of the molecule is CC(F)F.COc1cc(C2CN(C)C2)ccc1OCc1ccc(C)cc1.O=Cc1cc(F)ccn1. The lowest BCUT2D eigenvalue weighted by Crippen LogP contribution is -2.41. The Morgan fingerprint density at radius 1 is 1.09 bits per heavy atom. The standard InChI is InChI=1S/C19H23NO2.C6H4FNO.C2H4F2/c1-14-4-6-15(7-5-14)13-22-18-9-8-16(10-19(18)21-3)17-11-20(2)12-17;7-5-1-2-8-6(3-5)4-9;1-2(3)4/h4-10,17H,11-13H2,1-3H3;1-4H;2H,1H3. The minimum atomic E-state index is -2.17. The first-order chi connectivity index (χ1) is 16.7. The number of nitrogens with zero attached hydrogens (tertiary/aromatic N) is 2. The molecule has 3 aromatic rings. The molecule has 0 atom stereocenters. The Labute approximate surface area is 204 Å². The number of carbonyl (C=O) groups excluding carboxylic acids is 1. The molecule has 35 heavy (non-hydrogen) atoms. The molecule has 1 aromatic heterocycles. The van der Waals surface area contributed by atoms with Crippen LogP contribution in [0.3, 0.4) is 0 Å². The number of benzene rings is 2. The molecule has 1 aliphatic rings. The summed E-state index contributed by atoms with van der Waals surface area (Å²) in [4.78, 5) is 15.8. The smallest absolute Gasteiger partial charge is 0.235 e. The lowest BCUT2D eigenvalue weighted by molar-refractivity contribution is 0.111. The number of alkyl halides is 2. The van der Waals surface area contributed by atoms with Crippen LogP contribution in [0.15, 0.2) is 60.8 Å². The highest BCUT2D eigenvalue weighted by molar-refractivity contribution is 5.71. The van der Waals surface area contributed by atoms with Crippen molar-refractivity contribution in [1.29, 1.82) is 0 Å². The second-order valence-electron chi connectivity index (χ2n) is 8.14. The second-order valence-corrected chi connectivity index (χ2v) is 8.14. The van der Waals surface area contributed by atoms with Crippen LogP contribution in [-0.4, -0.2) is 49.8 Å². The van der Waals surface area contributed by atoms with Crippen molar-refractivity contribution in [3.63, 3.8) is 0 Å². The molecule has 0 radical (unpaired) electrons. The van der Waals surface area contributed by atoms with Gasteiger partial charge < -0.3 is 14.4 Å². The van der Waals surface area contributed by atoms with Crippen molar-refractivity contribution < 1.29 is 27.4 Å². The van der Waals surface area contributed by atoms with E-state index < -0.39 is 12.2 Å². The summed E-state index contributed by atoms with van der Waals surface area (Å²) in [5.41, 5.74) is 3.88. The molecule has 1 saturated heterocycles. The molecule has 1 aliphatic heterocycles. The van der Waals surface area contributed by atoms with E-state index in [1.165, 1.54) is 23.4 Å². The topological polar surface area (TPSA) is 51.7 Å². The number of aldehydes is 1. The number of aromatic nitrogens is 1. The highest BCUT2D eigenvalue weighted by Gasteiger charge is 2.25. The van der Waals surface area contributed by atoms with E-state index in [9.17, 15) is 18.0 Å². The summed E-state index contributed by atoms with van der Waals surface area (Å²) in [6, 6.07) is 17.0. The molecule has 2 heterocycles. The Morgan fingerprint density at radius 3 is 2.26 bits per heavy atom. The first kappa shape index (κ1) is 27.9. The molecule has 8 heteroatoms. The molecule has 0 bridgehead atoms. The van der Waals surface area contributed by atoms with Gasteiger partial charge in [-0.25, -0.2) is 13.2 Å². The number of rotatable bonds is 6. The van der Waals surface area contributed by atoms with Crippen LogP contribution in [0.4, 0.5) is 13.2 Å². The number of ether oxygens (including phenoxy) is 2. The van der Waals surface area contributed by atoms with Crippen molar-refractivity contribution in [3.05, 3.63) is 89.0 Å². The molecule has 0 aliphatic carbocycles. The van der Waals surface area contributed by atoms with E-state index in [1.54, 1.807) is 7.11 Å². The summed E-state index contributed by atoms with van der Waals surface area (Å²) >= 11 is 0. The van der Waals surface area contributed by atoms with Crippen molar-refractivity contribution in [1.82, 2.24) is 9.88 Å². The highest BCUT2D eigenvalue weighted by Crippen LogP contribution is 2.34. The molecule has 4 rings (SSSR count). The van der Waals surface area contributed by atoms with Gasteiger partial charge in [0.2, 0.25) is 6.43 Å². The van der Waals surface area contributed by atoms with Crippen LogP contribution in [0.25, 0.3) is 0 Å². The lowest BCUT2D eigenvalue weighted by Gasteiger charge is -2.36. The quantitative estimate of drug-likeness (QED) is 0.404. The van der Waals surface area contributed by atoms with Gasteiger partial charge in [0.25, 0.3) is 0 Å². The highest BCUT2D eigenvalue weighted by atomic mass is 19.3. The fourth-order valence-corrected chi connectivity index (χ4v) is 3.30. The number of aryl methyl sites for hydroxylation is 1. The number of hydrogen-bond donors (Lipinski definition) is 0. The van der Waals surface area contributed by atoms with E-state index >= 15 is 0 Å². The zero-order valence-electron chi connectivity index (χ0n) is 20.4. The molecule has 2 aromatic carbocycles. The molecule has 0 amide bonds. The molecule has 188 valence electrons. The third-order valence-corrected chi connectivity index (χ3v) is 5.10. The van der Waals surface area contributed by atoms with Gasteiger partial charge in [-0.3, -0.25) is 9.78 Å². The maximum Gasteiger partial charge on any atom is 0.235 e. The van der Waals surface area contributed by atoms with E-state index in [1.807, 2.05) is 6.07 Å². The summed E-state index contributed by atoms with van der Waals surface area (Å²) in [5.74, 6) is 1.80. The summed E-state index contributed by atoms with van der Waals surface area (Å²) in [6.07, 6.45) is -0.415. The average molecular weight is 489 g/mol. The van der Waals surface area contributed by atoms with E-state index in [0.717, 1.165) is 43.1 Å². The van der Waals surface area contributed by atoms with Crippen LogP contribution in [0.1, 0.15) is 40.0 Å². The zero-order valence-corrected chi connectivity index (χ0v) is 20.4. The Bertz CT molecular complexity index is 1050. The third kappa shape index (κ3) is 9.78. The molecule has 0 saturated carbocycles. The first-order valence-electron chi connectivity index (χ1n) is 11.1. The van der Waals surface area contributed by atoms with Gasteiger partial charge in [-0.05, 0) is 50.2 Å². The molecular formula is C27H31F3N2O3. The van der Waals surface area contributed by atoms with Crippen molar-refractivity contribution >= 4 is 6.29 Å². The minimum absolute atomic E-state index is 0.120. The van der Waals surface area contributed by atoms with Gasteiger partial charge in [0, 0.05) is 31.3 Å². The Balaban J connectivity index is 0.000000275. The van der Waals surface area contributed by atoms with Gasteiger partial charge >= 0.3 is 0 Å². The average Bonchev–Trinajstić information content (AvgIpc) is 2.82. The van der Waals surface area contributed by atoms with Crippen LogP contribution in [0.2, 0.25) is 0 Å². The molecular weight excluding hydrogens is 457 g/mol. The number of pyridine rings is 1. The van der Waals surface area contributed by atoms with E-state index in [0.29, 0.717) is 18.8 Å². The van der Waals surface area contributed by atoms with Gasteiger partial charge in [-0.2, -0.15) is 0 Å². The Morgan fingerprint density at radius 2 is 1.74 bits per heavy atom. The van der Waals surface area contributed by atoms with Crippen LogP contribution in [0, 0.1) is 12.7 Å². The predicted octanol–water partition coefficient (Wildman–Crippen LogP) is 5.92. The minimum Gasteiger partial charge on any atom is -0.493 e. The van der Waals surface area contributed by atoms with Crippen LogP contribution < -0.4 is 9.47 Å². The monoisotopic (exact) mass is 488 g/mol. The van der Waals surface area contributed by atoms with Crippen LogP contribution in [-0.2, 0) is 6.61 Å². The summed E-state index contributed by atoms with van der Waals surface area (Å²) in [5, 5.41) is 0. The predicted molar refractivity (Wildman–Crippen MR) is 130 cm³/mol. The Kier molecular flexibility index (Phi) is 11.2. The number of likely N-dealkylation sites (tertiary alicyclic amines) is 1. The first-order valence-corrected chi connectivity index (χ1v) is 11.1. The normalized spacial score (nSPS) is 13.0. The number of carbonyl (C=O) groups is 1. The Hall–Kier alpha value is -3.39. The van der Waals surface area contributed by atoms with Gasteiger partial charge in [0.15, 0.2) is 17.8 Å². The van der Waals surface area contributed by atoms with E-state index in [-0.39, 0.29) is 5.69 Å². The van der Waals surface area contributed by atoms with Crippen molar-refractivity contribution in [3.8, 4) is 11.5 Å². The second kappa shape index (κ2) is 14.1. The molecule has 0 spiro atoms. The lowest BCUT2D eigenvalue weighted by atomic mass is 9.92. The third-order valence-electron chi connectivity index (χ3n) is 5.10. The number of methoxy groups -OCH3 is 1. The summed E-state index contributed by atoms with van der Waals surface area (Å²) in [7, 11) is 3.84. The largest absolute Gasteiger partial charge is 0.493 e.